The minimum absolute atomic E-state index is 0.0234. The van der Waals surface area contributed by atoms with E-state index in [2.05, 4.69) is 25.7 Å². The topological polar surface area (TPSA) is 59.4 Å². The molecular weight excluding hydrogens is 332 g/mol. The van der Waals surface area contributed by atoms with E-state index in [4.69, 9.17) is 5.11 Å². The Balaban J connectivity index is 2.40. The summed E-state index contributed by atoms with van der Waals surface area (Å²) in [5.41, 5.74) is 0.440. The van der Waals surface area contributed by atoms with Crippen LogP contribution in [0.2, 0.25) is 0 Å². The summed E-state index contributed by atoms with van der Waals surface area (Å²) in [5, 5.41) is 9.07. The van der Waals surface area contributed by atoms with Crippen LogP contribution in [0.25, 0.3) is 10.2 Å². The molecule has 0 bridgehead atoms. The minimum Gasteiger partial charge on any atom is -0.481 e. The molecule has 0 aliphatic carbocycles. The van der Waals surface area contributed by atoms with Crippen LogP contribution in [-0.2, 0) is 11.2 Å². The largest absolute Gasteiger partial charge is 0.481 e. The van der Waals surface area contributed by atoms with Gasteiger partial charge in [-0.05, 0) is 22.0 Å². The van der Waals surface area contributed by atoms with Crippen LogP contribution in [0, 0.1) is 0 Å². The van der Waals surface area contributed by atoms with Crippen molar-refractivity contribution in [1.82, 2.24) is 4.98 Å². The molecule has 2 aromatic rings. The predicted molar refractivity (Wildman–Crippen MR) is 65.3 cm³/mol. The van der Waals surface area contributed by atoms with E-state index in [1.807, 2.05) is 0 Å². The zero-order valence-corrected chi connectivity index (χ0v) is 11.1. The molecule has 1 N–H and O–H groups in total. The molecule has 0 fully saturated rings. The molecule has 18 heavy (non-hydrogen) atoms. The minimum atomic E-state index is -2.92. The maximum absolute atomic E-state index is 12.1. The first kappa shape index (κ1) is 13.2. The smallest absolute Gasteiger partial charge is 0.387 e. The fourth-order valence-electron chi connectivity index (χ4n) is 1.37. The molecule has 1 heterocycles. The number of alkyl halides is 2. The van der Waals surface area contributed by atoms with Crippen molar-refractivity contribution in [3.05, 3.63) is 21.6 Å². The number of rotatable bonds is 4. The fourth-order valence-corrected chi connectivity index (χ4v) is 2.94. The summed E-state index contributed by atoms with van der Waals surface area (Å²) in [6, 6.07) is 2.93. The lowest BCUT2D eigenvalue weighted by Crippen LogP contribution is -2.02. The van der Waals surface area contributed by atoms with Crippen LogP contribution in [-0.4, -0.2) is 22.7 Å². The van der Waals surface area contributed by atoms with Gasteiger partial charge in [0.15, 0.2) is 0 Å². The lowest BCUT2D eigenvalue weighted by molar-refractivity contribution is -0.136. The second-order valence-electron chi connectivity index (χ2n) is 3.31. The number of hydrogen-bond acceptors (Lipinski definition) is 4. The molecule has 0 amide bonds. The Morgan fingerprint density at radius 3 is 2.89 bits per heavy atom. The van der Waals surface area contributed by atoms with Crippen LogP contribution < -0.4 is 4.74 Å². The number of nitrogens with zero attached hydrogens (tertiary/aromatic N) is 1. The van der Waals surface area contributed by atoms with E-state index in [0.29, 0.717) is 19.7 Å². The Morgan fingerprint density at radius 1 is 1.56 bits per heavy atom. The van der Waals surface area contributed by atoms with E-state index in [0.717, 1.165) is 0 Å². The summed E-state index contributed by atoms with van der Waals surface area (Å²) in [7, 11) is 0. The van der Waals surface area contributed by atoms with E-state index in [9.17, 15) is 13.6 Å². The van der Waals surface area contributed by atoms with Crippen LogP contribution in [0.5, 0.6) is 5.75 Å². The molecule has 0 aliphatic heterocycles. The Bertz CT molecular complexity index is 602. The molecule has 8 heteroatoms. The van der Waals surface area contributed by atoms with Gasteiger partial charge in [0.2, 0.25) is 0 Å². The van der Waals surface area contributed by atoms with Gasteiger partial charge in [0.25, 0.3) is 0 Å². The van der Waals surface area contributed by atoms with Gasteiger partial charge in [0.1, 0.15) is 10.8 Å². The molecule has 96 valence electrons. The second kappa shape index (κ2) is 5.15. The Kier molecular flexibility index (Phi) is 3.76. The van der Waals surface area contributed by atoms with E-state index >= 15 is 0 Å². The highest BCUT2D eigenvalue weighted by Gasteiger charge is 2.13. The van der Waals surface area contributed by atoms with Gasteiger partial charge < -0.3 is 9.84 Å². The number of thiazole rings is 1. The van der Waals surface area contributed by atoms with E-state index < -0.39 is 12.6 Å². The first-order chi connectivity index (χ1) is 8.45. The van der Waals surface area contributed by atoms with Crippen LogP contribution in [0.3, 0.4) is 0 Å². The first-order valence-electron chi connectivity index (χ1n) is 4.71. The number of carboxylic acid groups (broad SMARTS) is 1. The molecule has 2 rings (SSSR count). The fraction of sp³-hybridized carbons (Fsp3) is 0.200. The normalized spacial score (nSPS) is 11.1. The van der Waals surface area contributed by atoms with Gasteiger partial charge in [-0.3, -0.25) is 4.79 Å². The Labute approximate surface area is 112 Å². The number of benzene rings is 1. The van der Waals surface area contributed by atoms with E-state index in [1.165, 1.54) is 17.4 Å². The third kappa shape index (κ3) is 2.94. The number of aliphatic carboxylic acids is 1. The summed E-state index contributed by atoms with van der Waals surface area (Å²) in [6.45, 7) is -2.92. The van der Waals surface area contributed by atoms with Crippen molar-refractivity contribution >= 4 is 43.5 Å². The van der Waals surface area contributed by atoms with Crippen molar-refractivity contribution < 1.29 is 23.4 Å². The summed E-state index contributed by atoms with van der Waals surface area (Å²) in [4.78, 5) is 14.6. The summed E-state index contributed by atoms with van der Waals surface area (Å²) >= 11 is 4.31. The molecule has 0 saturated carbocycles. The van der Waals surface area contributed by atoms with Gasteiger partial charge in [0, 0.05) is 6.07 Å². The lowest BCUT2D eigenvalue weighted by Gasteiger charge is -2.05. The van der Waals surface area contributed by atoms with Crippen molar-refractivity contribution in [2.75, 3.05) is 0 Å². The quantitative estimate of drug-likeness (QED) is 0.929. The van der Waals surface area contributed by atoms with Gasteiger partial charge in [-0.15, -0.1) is 11.3 Å². The number of halogens is 3. The van der Waals surface area contributed by atoms with Gasteiger partial charge in [0.05, 0.1) is 21.1 Å². The number of fused-ring (bicyclic) bond motifs is 1. The van der Waals surface area contributed by atoms with Crippen molar-refractivity contribution in [3.8, 4) is 5.75 Å². The zero-order valence-electron chi connectivity index (χ0n) is 8.69. The third-order valence-corrected chi connectivity index (χ3v) is 3.64. The molecule has 0 saturated heterocycles. The van der Waals surface area contributed by atoms with Crippen molar-refractivity contribution in [2.24, 2.45) is 0 Å². The zero-order chi connectivity index (χ0) is 13.3. The van der Waals surface area contributed by atoms with Crippen LogP contribution in [0.4, 0.5) is 8.78 Å². The molecule has 0 atom stereocenters. The molecule has 4 nitrogen and oxygen atoms in total. The van der Waals surface area contributed by atoms with Crippen LogP contribution in [0.15, 0.2) is 16.6 Å². The van der Waals surface area contributed by atoms with Gasteiger partial charge in [-0.25, -0.2) is 4.98 Å². The first-order valence-corrected chi connectivity index (χ1v) is 6.32. The highest BCUT2D eigenvalue weighted by molar-refractivity contribution is 9.10. The van der Waals surface area contributed by atoms with Crippen molar-refractivity contribution in [3.63, 3.8) is 0 Å². The summed E-state index contributed by atoms with van der Waals surface area (Å²) in [6.07, 6.45) is -0.192. The number of carboxylic acids is 1. The van der Waals surface area contributed by atoms with Gasteiger partial charge >= 0.3 is 12.6 Å². The molecular formula is C10H6BrF2NO3S. The molecule has 0 spiro atoms. The van der Waals surface area contributed by atoms with Gasteiger partial charge in [-0.2, -0.15) is 8.78 Å². The number of ether oxygens (including phenoxy) is 1. The highest BCUT2D eigenvalue weighted by atomic mass is 79.9. The molecule has 0 unspecified atom stereocenters. The third-order valence-electron chi connectivity index (χ3n) is 2.00. The highest BCUT2D eigenvalue weighted by Crippen LogP contribution is 2.34. The molecule has 1 aromatic heterocycles. The number of aromatic nitrogens is 1. The summed E-state index contributed by atoms with van der Waals surface area (Å²) < 4.78 is 29.7. The number of hydrogen-bond donors (Lipinski definition) is 1. The van der Waals surface area contributed by atoms with E-state index in [-0.39, 0.29) is 12.2 Å². The monoisotopic (exact) mass is 337 g/mol. The second-order valence-corrected chi connectivity index (χ2v) is 5.28. The molecule has 1 aromatic carbocycles. The average Bonchev–Trinajstić information content (AvgIpc) is 2.57. The standard InChI is InChI=1S/C10H6BrF2NO3S/c11-4-1-7-5(2-6(4)17-10(12)13)14-8(18-7)3-9(15)16/h1-2,10H,3H2,(H,15,16). The lowest BCUT2D eigenvalue weighted by atomic mass is 10.3. The van der Waals surface area contributed by atoms with Crippen LogP contribution in [0.1, 0.15) is 5.01 Å². The maximum Gasteiger partial charge on any atom is 0.387 e. The van der Waals surface area contributed by atoms with Crippen molar-refractivity contribution in [1.29, 1.82) is 0 Å². The summed E-state index contributed by atoms with van der Waals surface area (Å²) in [5.74, 6) is -1.01. The molecule has 0 radical (unpaired) electrons. The maximum atomic E-state index is 12.1. The number of carbonyl (C=O) groups is 1. The van der Waals surface area contributed by atoms with Crippen molar-refractivity contribution in [2.45, 2.75) is 13.0 Å². The van der Waals surface area contributed by atoms with Crippen LogP contribution >= 0.6 is 27.3 Å². The van der Waals surface area contributed by atoms with E-state index in [1.54, 1.807) is 6.07 Å². The van der Waals surface area contributed by atoms with Gasteiger partial charge in [-0.1, -0.05) is 0 Å². The molecule has 0 aliphatic rings. The Hall–Kier alpha value is -1.28. The average molecular weight is 338 g/mol. The Morgan fingerprint density at radius 2 is 2.28 bits per heavy atom. The predicted octanol–water partition coefficient (Wildman–Crippen LogP) is 3.29. The SMILES string of the molecule is O=C(O)Cc1nc2cc(OC(F)F)c(Br)cc2s1.